The van der Waals surface area contributed by atoms with Gasteiger partial charge in [0.1, 0.15) is 11.5 Å². The SMILES string of the molecule is CCN(CC)CCCN1C(=O)C(=O)/C(=C(/O)c2c(C)[nH]c(C(=O)OC)c2C)[C@H]1c1ccccc1. The fourth-order valence-corrected chi connectivity index (χ4v) is 4.64. The summed E-state index contributed by atoms with van der Waals surface area (Å²) in [6.45, 7) is 10.5. The van der Waals surface area contributed by atoms with Crippen molar-refractivity contribution in [2.45, 2.75) is 40.2 Å². The summed E-state index contributed by atoms with van der Waals surface area (Å²) in [5, 5.41) is 11.4. The largest absolute Gasteiger partial charge is 0.507 e. The molecule has 1 saturated heterocycles. The van der Waals surface area contributed by atoms with E-state index < -0.39 is 23.7 Å². The number of hydrogen-bond donors (Lipinski definition) is 2. The maximum atomic E-state index is 13.2. The Morgan fingerprint density at radius 1 is 1.15 bits per heavy atom. The van der Waals surface area contributed by atoms with E-state index in [9.17, 15) is 19.5 Å². The van der Waals surface area contributed by atoms with E-state index in [1.165, 1.54) is 7.11 Å². The van der Waals surface area contributed by atoms with Gasteiger partial charge in [0.2, 0.25) is 0 Å². The number of nitrogens with zero attached hydrogens (tertiary/aromatic N) is 2. The molecule has 0 saturated carbocycles. The molecule has 2 heterocycles. The summed E-state index contributed by atoms with van der Waals surface area (Å²) in [6.07, 6.45) is 0.701. The van der Waals surface area contributed by atoms with Crippen LogP contribution in [0.1, 0.15) is 59.2 Å². The number of ketones is 1. The number of aliphatic hydroxyl groups excluding tert-OH is 1. The number of likely N-dealkylation sites (tertiary alicyclic amines) is 1. The minimum atomic E-state index is -0.728. The standard InChI is InChI=1S/C26H33N3O5/c1-6-28(7-2)14-11-15-29-22(18-12-9-8-10-13-18)20(24(31)25(29)32)23(30)19-16(3)21(26(33)34-5)27-17(19)4/h8-10,12-13,22,27,30H,6-7,11,14-15H2,1-5H3/b23-20+/t22-/m1/s1. The summed E-state index contributed by atoms with van der Waals surface area (Å²) in [4.78, 5) is 45.2. The van der Waals surface area contributed by atoms with Gasteiger partial charge in [0.05, 0.1) is 18.7 Å². The molecule has 0 aliphatic carbocycles. The summed E-state index contributed by atoms with van der Waals surface area (Å²) < 4.78 is 4.82. The lowest BCUT2D eigenvalue weighted by Gasteiger charge is -2.26. The van der Waals surface area contributed by atoms with Gasteiger partial charge in [-0.3, -0.25) is 9.59 Å². The normalized spacial score (nSPS) is 17.6. The molecule has 8 nitrogen and oxygen atoms in total. The Balaban J connectivity index is 2.09. The Bertz CT molecular complexity index is 1100. The zero-order valence-corrected chi connectivity index (χ0v) is 20.5. The molecule has 0 unspecified atom stereocenters. The zero-order valence-electron chi connectivity index (χ0n) is 20.5. The molecule has 1 aromatic carbocycles. The minimum Gasteiger partial charge on any atom is -0.507 e. The molecule has 3 rings (SSSR count). The van der Waals surface area contributed by atoms with Gasteiger partial charge in [0.25, 0.3) is 11.7 Å². The van der Waals surface area contributed by atoms with E-state index in [0.717, 1.165) is 25.2 Å². The third-order valence-corrected chi connectivity index (χ3v) is 6.49. The molecule has 1 atom stereocenters. The molecule has 8 heteroatoms. The molecule has 0 bridgehead atoms. The summed E-state index contributed by atoms with van der Waals surface area (Å²) in [5.41, 5.74) is 2.27. The van der Waals surface area contributed by atoms with Gasteiger partial charge in [-0.1, -0.05) is 44.2 Å². The van der Waals surface area contributed by atoms with E-state index in [-0.39, 0.29) is 17.0 Å². The predicted molar refractivity (Wildman–Crippen MR) is 129 cm³/mol. The monoisotopic (exact) mass is 467 g/mol. The Kier molecular flexibility index (Phi) is 7.94. The molecule has 1 aliphatic rings. The number of aromatic amines is 1. The van der Waals surface area contributed by atoms with Gasteiger partial charge in [-0.2, -0.15) is 0 Å². The number of amides is 1. The summed E-state index contributed by atoms with van der Waals surface area (Å²) in [6, 6.07) is 8.52. The van der Waals surface area contributed by atoms with Gasteiger partial charge in [-0.05, 0) is 51.0 Å². The van der Waals surface area contributed by atoms with E-state index in [4.69, 9.17) is 4.74 Å². The summed E-state index contributed by atoms with van der Waals surface area (Å²) in [5.74, 6) is -2.22. The Morgan fingerprint density at radius 2 is 1.79 bits per heavy atom. The van der Waals surface area contributed by atoms with Gasteiger partial charge in [0, 0.05) is 17.8 Å². The Hall–Kier alpha value is -3.39. The van der Waals surface area contributed by atoms with Crippen LogP contribution in [0.15, 0.2) is 35.9 Å². The van der Waals surface area contributed by atoms with Gasteiger partial charge in [-0.25, -0.2) is 4.79 Å². The van der Waals surface area contributed by atoms with E-state index in [1.54, 1.807) is 18.7 Å². The maximum absolute atomic E-state index is 13.2. The van der Waals surface area contributed by atoms with Crippen LogP contribution in [0.5, 0.6) is 0 Å². The second-order valence-corrected chi connectivity index (χ2v) is 8.40. The van der Waals surface area contributed by atoms with Gasteiger partial charge in [-0.15, -0.1) is 0 Å². The molecule has 182 valence electrons. The molecule has 0 spiro atoms. The van der Waals surface area contributed by atoms with E-state index in [1.807, 2.05) is 30.3 Å². The molecule has 2 aromatic rings. The molecule has 34 heavy (non-hydrogen) atoms. The topological polar surface area (TPSA) is 103 Å². The van der Waals surface area contributed by atoms with Crippen molar-refractivity contribution in [1.82, 2.24) is 14.8 Å². The number of carbonyl (C=O) groups is 3. The van der Waals surface area contributed by atoms with Crippen LogP contribution in [0.25, 0.3) is 5.76 Å². The van der Waals surface area contributed by atoms with Crippen LogP contribution in [-0.2, 0) is 14.3 Å². The smallest absolute Gasteiger partial charge is 0.354 e. The highest BCUT2D eigenvalue weighted by molar-refractivity contribution is 6.46. The highest BCUT2D eigenvalue weighted by Gasteiger charge is 2.46. The number of rotatable bonds is 9. The van der Waals surface area contributed by atoms with Crippen LogP contribution < -0.4 is 0 Å². The highest BCUT2D eigenvalue weighted by Crippen LogP contribution is 2.40. The van der Waals surface area contributed by atoms with Crippen molar-refractivity contribution < 1.29 is 24.2 Å². The fraction of sp³-hybridized carbons (Fsp3) is 0.423. The van der Waals surface area contributed by atoms with Crippen LogP contribution in [0, 0.1) is 13.8 Å². The molecule has 2 N–H and O–H groups in total. The second kappa shape index (κ2) is 10.7. The molecule has 0 radical (unpaired) electrons. The van der Waals surface area contributed by atoms with Crippen molar-refractivity contribution in [3.05, 3.63) is 64.0 Å². The molecular weight excluding hydrogens is 434 g/mol. The van der Waals surface area contributed by atoms with Crippen molar-refractivity contribution >= 4 is 23.4 Å². The number of nitrogens with one attached hydrogen (secondary N) is 1. The predicted octanol–water partition coefficient (Wildman–Crippen LogP) is 3.57. The number of benzene rings is 1. The minimum absolute atomic E-state index is 0.0284. The summed E-state index contributed by atoms with van der Waals surface area (Å²) >= 11 is 0. The molecule has 1 aromatic heterocycles. The average molecular weight is 468 g/mol. The molecule has 1 fully saturated rings. The second-order valence-electron chi connectivity index (χ2n) is 8.40. The van der Waals surface area contributed by atoms with E-state index in [0.29, 0.717) is 29.8 Å². The highest BCUT2D eigenvalue weighted by atomic mass is 16.5. The Labute approximate surface area is 200 Å². The van der Waals surface area contributed by atoms with Crippen molar-refractivity contribution in [3.8, 4) is 0 Å². The van der Waals surface area contributed by atoms with Crippen molar-refractivity contribution in [2.75, 3.05) is 33.3 Å². The van der Waals surface area contributed by atoms with E-state index in [2.05, 4.69) is 23.7 Å². The average Bonchev–Trinajstić information content (AvgIpc) is 3.28. The summed E-state index contributed by atoms with van der Waals surface area (Å²) in [7, 11) is 1.27. The zero-order chi connectivity index (χ0) is 25.0. The lowest BCUT2D eigenvalue weighted by Crippen LogP contribution is -2.33. The molecule has 1 amide bonds. The van der Waals surface area contributed by atoms with Gasteiger partial charge < -0.3 is 24.6 Å². The Morgan fingerprint density at radius 3 is 2.38 bits per heavy atom. The van der Waals surface area contributed by atoms with Gasteiger partial charge in [0.15, 0.2) is 0 Å². The van der Waals surface area contributed by atoms with Gasteiger partial charge >= 0.3 is 5.97 Å². The number of Topliss-reactive ketones (excluding diaryl/α,β-unsaturated/α-hetero) is 1. The van der Waals surface area contributed by atoms with Crippen molar-refractivity contribution in [1.29, 1.82) is 0 Å². The van der Waals surface area contributed by atoms with Crippen LogP contribution in [0.4, 0.5) is 0 Å². The third-order valence-electron chi connectivity index (χ3n) is 6.49. The molecular formula is C26H33N3O5. The van der Waals surface area contributed by atoms with Crippen molar-refractivity contribution in [3.63, 3.8) is 0 Å². The first-order valence-corrected chi connectivity index (χ1v) is 11.6. The fourth-order valence-electron chi connectivity index (χ4n) is 4.64. The number of esters is 1. The first kappa shape index (κ1) is 25.2. The third kappa shape index (κ3) is 4.63. The number of aromatic nitrogens is 1. The first-order valence-electron chi connectivity index (χ1n) is 11.6. The lowest BCUT2D eigenvalue weighted by molar-refractivity contribution is -0.140. The number of aliphatic hydroxyl groups is 1. The van der Waals surface area contributed by atoms with Crippen LogP contribution in [0.3, 0.4) is 0 Å². The van der Waals surface area contributed by atoms with Crippen LogP contribution >= 0.6 is 0 Å². The number of carbonyl (C=O) groups excluding carboxylic acids is 3. The molecule has 1 aliphatic heterocycles. The number of ether oxygens (including phenoxy) is 1. The number of methoxy groups -OCH3 is 1. The van der Waals surface area contributed by atoms with Crippen molar-refractivity contribution in [2.24, 2.45) is 0 Å². The van der Waals surface area contributed by atoms with Crippen LogP contribution in [-0.4, -0.2) is 70.8 Å². The van der Waals surface area contributed by atoms with Crippen LogP contribution in [0.2, 0.25) is 0 Å². The number of hydrogen-bond acceptors (Lipinski definition) is 6. The lowest BCUT2D eigenvalue weighted by atomic mass is 9.94. The van der Waals surface area contributed by atoms with E-state index >= 15 is 0 Å². The number of aryl methyl sites for hydroxylation is 1. The first-order chi connectivity index (χ1) is 16.3. The maximum Gasteiger partial charge on any atom is 0.354 e. The quantitative estimate of drug-likeness (QED) is 0.253. The number of H-pyrrole nitrogens is 1.